The summed E-state index contributed by atoms with van der Waals surface area (Å²) in [4.78, 5) is 20.8. The molecule has 31 heavy (non-hydrogen) atoms. The number of fused-ring (bicyclic) bond motifs is 2. The second-order valence-corrected chi connectivity index (χ2v) is 7.58. The van der Waals surface area contributed by atoms with E-state index in [0.29, 0.717) is 33.6 Å². The van der Waals surface area contributed by atoms with Gasteiger partial charge in [0.25, 0.3) is 0 Å². The second kappa shape index (κ2) is 7.65. The average molecular weight is 439 g/mol. The first-order valence-electron chi connectivity index (χ1n) is 9.54. The molecule has 3 aromatic heterocycles. The van der Waals surface area contributed by atoms with Crippen LogP contribution >= 0.6 is 11.6 Å². The van der Waals surface area contributed by atoms with Gasteiger partial charge in [0.15, 0.2) is 17.3 Å². The molecule has 1 aromatic carbocycles. The number of halogens is 2. The highest BCUT2D eigenvalue weighted by molar-refractivity contribution is 6.35. The number of rotatable bonds is 4. The van der Waals surface area contributed by atoms with Gasteiger partial charge in [0.2, 0.25) is 5.91 Å². The van der Waals surface area contributed by atoms with Crippen molar-refractivity contribution in [2.24, 2.45) is 5.92 Å². The van der Waals surface area contributed by atoms with Gasteiger partial charge in [-0.05, 0) is 12.8 Å². The molecule has 4 aromatic rings. The number of methoxy groups -OCH3 is 1. The third-order valence-electron chi connectivity index (χ3n) is 5.02. The molecule has 5 rings (SSSR count). The summed E-state index contributed by atoms with van der Waals surface area (Å²) in [7, 11) is 1.51. The number of carbonyl (C=O) groups is 1. The Hall–Kier alpha value is -3.48. The minimum atomic E-state index is -0.665. The van der Waals surface area contributed by atoms with Crippen LogP contribution in [0.4, 0.5) is 10.2 Å². The zero-order valence-electron chi connectivity index (χ0n) is 16.4. The fraction of sp³-hybridized carbons (Fsp3) is 0.238. The van der Waals surface area contributed by atoms with Crippen molar-refractivity contribution in [2.75, 3.05) is 19.0 Å². The van der Waals surface area contributed by atoms with E-state index < -0.39 is 5.82 Å². The Bertz CT molecular complexity index is 1400. The molecule has 0 unspecified atom stereocenters. The van der Waals surface area contributed by atoms with Crippen LogP contribution in [0.25, 0.3) is 27.8 Å². The number of aromatic amines is 1. The van der Waals surface area contributed by atoms with Gasteiger partial charge in [-0.2, -0.15) is 5.10 Å². The van der Waals surface area contributed by atoms with E-state index >= 15 is 4.39 Å². The molecule has 2 N–H and O–H groups in total. The van der Waals surface area contributed by atoms with E-state index in [2.05, 4.69) is 37.3 Å². The lowest BCUT2D eigenvalue weighted by Crippen LogP contribution is -2.13. The van der Waals surface area contributed by atoms with Gasteiger partial charge in [0, 0.05) is 30.2 Å². The van der Waals surface area contributed by atoms with E-state index in [1.807, 2.05) is 0 Å². The number of nitrogens with zero attached hydrogens (tertiary/aromatic N) is 4. The number of carbonyl (C=O) groups excluding carboxylic acids is 1. The Morgan fingerprint density at radius 1 is 1.42 bits per heavy atom. The molecule has 0 bridgehead atoms. The summed E-state index contributed by atoms with van der Waals surface area (Å²) in [6.45, 7) is 0.160. The Balaban J connectivity index is 1.59. The number of hydrogen-bond acceptors (Lipinski definition) is 5. The number of imidazole rings is 1. The number of anilines is 1. The summed E-state index contributed by atoms with van der Waals surface area (Å²) >= 11 is 6.41. The van der Waals surface area contributed by atoms with Gasteiger partial charge in [-0.1, -0.05) is 23.4 Å². The highest BCUT2D eigenvalue weighted by Gasteiger charge is 2.30. The van der Waals surface area contributed by atoms with Gasteiger partial charge in [0.05, 0.1) is 40.4 Å². The van der Waals surface area contributed by atoms with Crippen molar-refractivity contribution in [3.8, 4) is 23.1 Å². The van der Waals surface area contributed by atoms with Crippen LogP contribution in [0.2, 0.25) is 5.02 Å². The molecule has 1 aliphatic carbocycles. The summed E-state index contributed by atoms with van der Waals surface area (Å²) in [5, 5.41) is 10.1. The van der Waals surface area contributed by atoms with E-state index in [9.17, 15) is 4.79 Å². The van der Waals surface area contributed by atoms with Crippen molar-refractivity contribution in [3.05, 3.63) is 41.2 Å². The van der Waals surface area contributed by atoms with Crippen molar-refractivity contribution in [1.29, 1.82) is 0 Å². The van der Waals surface area contributed by atoms with Gasteiger partial charge >= 0.3 is 0 Å². The smallest absolute Gasteiger partial charge is 0.228 e. The standard InChI is InChI=1S/C21H16ClFN6O2/c1-31-6-2-3-12-19(23)18(22)17(13-7-25-28-20(12)13)14-9-29-10-15(26-16(29)8-24-14)27-21(30)11-4-5-11/h7-11H,4-6H2,1H3,(H,25,28)(H,27,30). The lowest BCUT2D eigenvalue weighted by atomic mass is 10.0. The normalized spacial score (nSPS) is 13.4. The largest absolute Gasteiger partial charge is 0.372 e. The van der Waals surface area contributed by atoms with Crippen LogP contribution in [0.15, 0.2) is 24.8 Å². The van der Waals surface area contributed by atoms with Crippen molar-refractivity contribution >= 4 is 39.9 Å². The predicted octanol–water partition coefficient (Wildman–Crippen LogP) is 3.41. The summed E-state index contributed by atoms with van der Waals surface area (Å²) in [6.07, 6.45) is 8.26. The molecule has 8 nitrogen and oxygen atoms in total. The number of nitrogens with one attached hydrogen (secondary N) is 2. The van der Waals surface area contributed by atoms with Crippen molar-refractivity contribution < 1.29 is 13.9 Å². The molecular weight excluding hydrogens is 423 g/mol. The lowest BCUT2D eigenvalue weighted by molar-refractivity contribution is -0.117. The number of amides is 1. The molecule has 1 saturated carbocycles. The van der Waals surface area contributed by atoms with Crippen molar-refractivity contribution in [2.45, 2.75) is 12.8 Å². The van der Waals surface area contributed by atoms with Crippen molar-refractivity contribution in [1.82, 2.24) is 24.6 Å². The molecule has 0 atom stereocenters. The van der Waals surface area contributed by atoms with Crippen LogP contribution in [-0.4, -0.2) is 44.2 Å². The number of aromatic nitrogens is 5. The van der Waals surface area contributed by atoms with E-state index in [0.717, 1.165) is 12.8 Å². The molecule has 1 fully saturated rings. The second-order valence-electron chi connectivity index (χ2n) is 7.20. The van der Waals surface area contributed by atoms with E-state index in [-0.39, 0.29) is 29.0 Å². The minimum Gasteiger partial charge on any atom is -0.372 e. The molecule has 0 radical (unpaired) electrons. The molecule has 1 amide bonds. The van der Waals surface area contributed by atoms with Crippen LogP contribution in [0.3, 0.4) is 0 Å². The molecule has 0 saturated heterocycles. The molecule has 0 spiro atoms. The van der Waals surface area contributed by atoms with Gasteiger partial charge in [0.1, 0.15) is 6.61 Å². The fourth-order valence-electron chi connectivity index (χ4n) is 3.34. The lowest BCUT2D eigenvalue weighted by Gasteiger charge is -2.09. The number of ether oxygens (including phenoxy) is 1. The van der Waals surface area contributed by atoms with Crippen LogP contribution in [0, 0.1) is 23.6 Å². The van der Waals surface area contributed by atoms with Gasteiger partial charge in [-0.15, -0.1) is 0 Å². The molecule has 10 heteroatoms. The monoisotopic (exact) mass is 438 g/mol. The first-order chi connectivity index (χ1) is 15.1. The van der Waals surface area contributed by atoms with Crippen LogP contribution in [0.5, 0.6) is 0 Å². The zero-order valence-corrected chi connectivity index (χ0v) is 17.1. The minimum absolute atomic E-state index is 0.0352. The number of H-pyrrole nitrogens is 1. The quantitative estimate of drug-likeness (QED) is 0.476. The Morgan fingerprint density at radius 3 is 3.03 bits per heavy atom. The van der Waals surface area contributed by atoms with Crippen LogP contribution in [-0.2, 0) is 9.53 Å². The van der Waals surface area contributed by atoms with E-state index in [1.165, 1.54) is 13.3 Å². The fourth-order valence-corrected chi connectivity index (χ4v) is 3.63. The van der Waals surface area contributed by atoms with E-state index in [4.69, 9.17) is 16.3 Å². The first kappa shape index (κ1) is 19.5. The Morgan fingerprint density at radius 2 is 2.26 bits per heavy atom. The maximum absolute atomic E-state index is 15.1. The first-order valence-corrected chi connectivity index (χ1v) is 9.92. The van der Waals surface area contributed by atoms with Crippen LogP contribution in [0.1, 0.15) is 18.4 Å². The third kappa shape index (κ3) is 3.50. The molecular formula is C21H16ClFN6O2. The molecule has 3 heterocycles. The van der Waals surface area contributed by atoms with E-state index in [1.54, 1.807) is 23.0 Å². The summed E-state index contributed by atoms with van der Waals surface area (Å²) in [5.74, 6) is 5.29. The highest BCUT2D eigenvalue weighted by Crippen LogP contribution is 2.38. The summed E-state index contributed by atoms with van der Waals surface area (Å²) in [6, 6.07) is 0. The predicted molar refractivity (Wildman–Crippen MR) is 113 cm³/mol. The molecule has 1 aliphatic rings. The van der Waals surface area contributed by atoms with Crippen molar-refractivity contribution in [3.63, 3.8) is 0 Å². The number of hydrogen-bond donors (Lipinski definition) is 2. The Kier molecular flexibility index (Phi) is 4.81. The van der Waals surface area contributed by atoms with Gasteiger partial charge in [-0.3, -0.25) is 14.9 Å². The Labute approximate surface area is 180 Å². The van der Waals surface area contributed by atoms with Gasteiger partial charge in [-0.25, -0.2) is 9.37 Å². The zero-order chi connectivity index (χ0) is 21.5. The molecule has 0 aliphatic heterocycles. The average Bonchev–Trinajstić information content (AvgIpc) is 3.38. The topological polar surface area (TPSA) is 97.2 Å². The summed E-state index contributed by atoms with van der Waals surface area (Å²) in [5.41, 5.74) is 1.89. The van der Waals surface area contributed by atoms with Crippen LogP contribution < -0.4 is 5.32 Å². The third-order valence-corrected chi connectivity index (χ3v) is 5.37. The van der Waals surface area contributed by atoms with Gasteiger partial charge < -0.3 is 14.5 Å². The summed E-state index contributed by atoms with van der Waals surface area (Å²) < 4.78 is 21.7. The highest BCUT2D eigenvalue weighted by atomic mass is 35.5. The SMILES string of the molecule is COCC#Cc1c(F)c(Cl)c(-c2cn3cc(NC(=O)C4CC4)nc3cn2)c2cn[nH]c12. The maximum atomic E-state index is 15.1. The number of benzene rings is 1. The maximum Gasteiger partial charge on any atom is 0.228 e. The molecule has 156 valence electrons.